The number of carbonyl (C=O) groups excluding carboxylic acids is 1. The quantitative estimate of drug-likeness (QED) is 0.828. The fourth-order valence-corrected chi connectivity index (χ4v) is 1.95. The van der Waals surface area contributed by atoms with Crippen molar-refractivity contribution in [3.05, 3.63) is 35.4 Å². The van der Waals surface area contributed by atoms with Crippen molar-refractivity contribution in [1.82, 2.24) is 5.32 Å². The van der Waals surface area contributed by atoms with Crippen LogP contribution in [0, 0.1) is 6.92 Å². The Balaban J connectivity index is 2.62. The molecule has 0 bridgehead atoms. The van der Waals surface area contributed by atoms with Gasteiger partial charge in [-0.2, -0.15) is 0 Å². The Morgan fingerprint density at radius 3 is 2.53 bits per heavy atom. The van der Waals surface area contributed by atoms with Crippen molar-refractivity contribution in [3.8, 4) is 0 Å². The third-order valence-electron chi connectivity index (χ3n) is 3.00. The first-order valence-electron chi connectivity index (χ1n) is 6.09. The van der Waals surface area contributed by atoms with E-state index in [2.05, 4.69) is 5.32 Å². The number of nitrogens with one attached hydrogen (secondary N) is 1. The van der Waals surface area contributed by atoms with Crippen molar-refractivity contribution in [2.75, 3.05) is 6.67 Å². The molecular formula is C14H18FNO3. The van der Waals surface area contributed by atoms with E-state index >= 15 is 0 Å². The van der Waals surface area contributed by atoms with E-state index in [1.807, 2.05) is 38.1 Å². The molecule has 1 rings (SSSR count). The number of rotatable bonds is 6. The smallest absolute Gasteiger partial charge is 0.328 e. The van der Waals surface area contributed by atoms with Gasteiger partial charge < -0.3 is 10.4 Å². The largest absolute Gasteiger partial charge is 0.480 e. The average molecular weight is 267 g/mol. The summed E-state index contributed by atoms with van der Waals surface area (Å²) in [5.41, 5.74) is 2.10. The molecule has 0 radical (unpaired) electrons. The van der Waals surface area contributed by atoms with Crippen LogP contribution >= 0.6 is 0 Å². The number of aliphatic carboxylic acids is 1. The fraction of sp³-hybridized carbons (Fsp3) is 0.429. The normalized spacial score (nSPS) is 13.6. The van der Waals surface area contributed by atoms with Gasteiger partial charge in [0.2, 0.25) is 5.91 Å². The molecule has 0 aromatic heterocycles. The second-order valence-corrected chi connectivity index (χ2v) is 4.57. The summed E-state index contributed by atoms with van der Waals surface area (Å²) in [5.74, 6) is -1.87. The van der Waals surface area contributed by atoms with Gasteiger partial charge in [-0.1, -0.05) is 31.2 Å². The molecule has 4 nitrogen and oxygen atoms in total. The third-order valence-corrected chi connectivity index (χ3v) is 3.00. The number of aryl methyl sites for hydroxylation is 1. The van der Waals surface area contributed by atoms with Gasteiger partial charge in [0.05, 0.1) is 0 Å². The topological polar surface area (TPSA) is 66.4 Å². The summed E-state index contributed by atoms with van der Waals surface area (Å²) in [4.78, 5) is 22.3. The second kappa shape index (κ2) is 6.87. The van der Waals surface area contributed by atoms with Gasteiger partial charge in [0.15, 0.2) is 6.04 Å². The first-order valence-corrected chi connectivity index (χ1v) is 6.09. The second-order valence-electron chi connectivity index (χ2n) is 4.57. The maximum Gasteiger partial charge on any atom is 0.328 e. The van der Waals surface area contributed by atoms with E-state index in [0.717, 1.165) is 11.1 Å². The number of carboxylic acids is 1. The van der Waals surface area contributed by atoms with Crippen LogP contribution in [0.2, 0.25) is 0 Å². The first-order chi connectivity index (χ1) is 8.95. The Bertz CT molecular complexity index is 462. The fourth-order valence-electron chi connectivity index (χ4n) is 1.95. The summed E-state index contributed by atoms with van der Waals surface area (Å²) in [5, 5.41) is 10.8. The highest BCUT2D eigenvalue weighted by atomic mass is 19.1. The van der Waals surface area contributed by atoms with Crippen LogP contribution in [0.4, 0.5) is 4.39 Å². The van der Waals surface area contributed by atoms with Crippen molar-refractivity contribution in [3.63, 3.8) is 0 Å². The molecule has 0 heterocycles. The van der Waals surface area contributed by atoms with Gasteiger partial charge in [0.1, 0.15) is 6.67 Å². The van der Waals surface area contributed by atoms with Crippen LogP contribution in [0.1, 0.15) is 30.4 Å². The number of amides is 1. The average Bonchev–Trinajstić information content (AvgIpc) is 2.35. The summed E-state index contributed by atoms with van der Waals surface area (Å²) >= 11 is 0. The van der Waals surface area contributed by atoms with Crippen molar-refractivity contribution < 1.29 is 19.1 Å². The molecule has 0 spiro atoms. The van der Waals surface area contributed by atoms with E-state index in [0.29, 0.717) is 0 Å². The number of benzene rings is 1. The van der Waals surface area contributed by atoms with Gasteiger partial charge in [-0.25, -0.2) is 9.18 Å². The molecular weight excluding hydrogens is 249 g/mol. The lowest BCUT2D eigenvalue weighted by Gasteiger charge is -2.16. The van der Waals surface area contributed by atoms with Crippen molar-refractivity contribution >= 4 is 11.9 Å². The van der Waals surface area contributed by atoms with Crippen LogP contribution in [0.25, 0.3) is 0 Å². The molecule has 1 aromatic rings. The van der Waals surface area contributed by atoms with Crippen LogP contribution in [0.15, 0.2) is 24.3 Å². The lowest BCUT2D eigenvalue weighted by molar-refractivity contribution is -0.142. The molecule has 2 unspecified atom stereocenters. The van der Waals surface area contributed by atoms with Gasteiger partial charge in [-0.3, -0.25) is 4.79 Å². The molecule has 5 heteroatoms. The Labute approximate surface area is 111 Å². The molecule has 104 valence electrons. The van der Waals surface area contributed by atoms with E-state index < -0.39 is 24.6 Å². The predicted molar refractivity (Wildman–Crippen MR) is 69.8 cm³/mol. The minimum Gasteiger partial charge on any atom is -0.480 e. The Morgan fingerprint density at radius 2 is 2.00 bits per heavy atom. The van der Waals surface area contributed by atoms with Crippen LogP contribution in [-0.2, 0) is 9.59 Å². The van der Waals surface area contributed by atoms with Crippen LogP contribution in [0.3, 0.4) is 0 Å². The Morgan fingerprint density at radius 1 is 1.37 bits per heavy atom. The monoisotopic (exact) mass is 267 g/mol. The standard InChI is InChI=1S/C14H18FNO3/c1-9-5-3-4-6-11(9)10(2)7-13(17)16-12(8-15)14(18)19/h3-6,10,12H,7-8H2,1-2H3,(H,16,17)(H,18,19). The van der Waals surface area contributed by atoms with Crippen molar-refractivity contribution in [1.29, 1.82) is 0 Å². The van der Waals surface area contributed by atoms with Gasteiger partial charge in [-0.05, 0) is 24.0 Å². The summed E-state index contributed by atoms with van der Waals surface area (Å²) in [6, 6.07) is 6.22. The first kappa shape index (κ1) is 15.1. The Hall–Kier alpha value is -1.91. The molecule has 0 aliphatic carbocycles. The van der Waals surface area contributed by atoms with E-state index in [-0.39, 0.29) is 12.3 Å². The zero-order valence-corrected chi connectivity index (χ0v) is 11.0. The number of hydrogen-bond acceptors (Lipinski definition) is 2. The molecule has 0 saturated carbocycles. The molecule has 2 N–H and O–H groups in total. The lowest BCUT2D eigenvalue weighted by Crippen LogP contribution is -2.42. The van der Waals surface area contributed by atoms with Gasteiger partial charge >= 0.3 is 5.97 Å². The molecule has 1 amide bonds. The number of halogens is 1. The molecule has 0 fully saturated rings. The molecule has 2 atom stereocenters. The van der Waals surface area contributed by atoms with Crippen LogP contribution in [-0.4, -0.2) is 29.7 Å². The number of carbonyl (C=O) groups is 2. The Kier molecular flexibility index (Phi) is 5.48. The van der Waals surface area contributed by atoms with Crippen molar-refractivity contribution in [2.24, 2.45) is 0 Å². The summed E-state index contributed by atoms with van der Waals surface area (Å²) < 4.78 is 12.4. The highest BCUT2D eigenvalue weighted by Crippen LogP contribution is 2.22. The summed E-state index contributed by atoms with van der Waals surface area (Å²) in [7, 11) is 0. The maximum absolute atomic E-state index is 12.4. The molecule has 19 heavy (non-hydrogen) atoms. The molecule has 0 aliphatic heterocycles. The zero-order chi connectivity index (χ0) is 14.4. The molecule has 0 aliphatic rings. The van der Waals surface area contributed by atoms with Crippen LogP contribution in [0.5, 0.6) is 0 Å². The number of carboxylic acid groups (broad SMARTS) is 1. The predicted octanol–water partition coefficient (Wildman–Crippen LogP) is 2.03. The van der Waals surface area contributed by atoms with Crippen molar-refractivity contribution in [2.45, 2.75) is 32.2 Å². The minimum absolute atomic E-state index is 0.0461. The van der Waals surface area contributed by atoms with E-state index in [1.165, 1.54) is 0 Å². The molecule has 1 aromatic carbocycles. The molecule has 0 saturated heterocycles. The minimum atomic E-state index is -1.46. The number of alkyl halides is 1. The zero-order valence-electron chi connectivity index (χ0n) is 11.0. The van der Waals surface area contributed by atoms with E-state index in [1.54, 1.807) is 0 Å². The summed E-state index contributed by atoms with van der Waals surface area (Å²) in [6.07, 6.45) is 0.134. The van der Waals surface area contributed by atoms with Gasteiger partial charge in [-0.15, -0.1) is 0 Å². The van der Waals surface area contributed by atoms with E-state index in [9.17, 15) is 14.0 Å². The number of hydrogen-bond donors (Lipinski definition) is 2. The van der Waals surface area contributed by atoms with Crippen LogP contribution < -0.4 is 5.32 Å². The summed E-state index contributed by atoms with van der Waals surface area (Å²) in [6.45, 7) is 2.72. The van der Waals surface area contributed by atoms with E-state index in [4.69, 9.17) is 5.11 Å². The SMILES string of the molecule is Cc1ccccc1C(C)CC(=O)NC(CF)C(=O)O. The van der Waals surface area contributed by atoms with Gasteiger partial charge in [0.25, 0.3) is 0 Å². The lowest BCUT2D eigenvalue weighted by atomic mass is 9.93. The highest BCUT2D eigenvalue weighted by Gasteiger charge is 2.21. The third kappa shape index (κ3) is 4.35. The maximum atomic E-state index is 12.4. The van der Waals surface area contributed by atoms with Gasteiger partial charge in [0, 0.05) is 6.42 Å². The highest BCUT2D eigenvalue weighted by molar-refractivity contribution is 5.84.